The monoisotopic (exact) mass is 105 g/mol. The van der Waals surface area contributed by atoms with E-state index in [9.17, 15) is 0 Å². The van der Waals surface area contributed by atoms with E-state index in [1.54, 1.807) is 0 Å². The fourth-order valence-electron chi connectivity index (χ4n) is 0.761. The second-order valence-corrected chi connectivity index (χ2v) is 2.05. The van der Waals surface area contributed by atoms with Gasteiger partial charge in [-0.25, -0.2) is 0 Å². The standard InChI is InChI=1S/C3H8B3N2/c1-7-4-3-5-8(2)6-7/h3H2,1-2H3. The summed E-state index contributed by atoms with van der Waals surface area (Å²) in [5.41, 5.74) is 0. The Morgan fingerprint density at radius 2 is 1.62 bits per heavy atom. The van der Waals surface area contributed by atoms with Crippen LogP contribution in [-0.2, 0) is 0 Å². The van der Waals surface area contributed by atoms with Gasteiger partial charge < -0.3 is 9.44 Å². The van der Waals surface area contributed by atoms with Crippen molar-refractivity contribution >= 4 is 22.4 Å². The summed E-state index contributed by atoms with van der Waals surface area (Å²) in [5.74, 6) is 0. The molecule has 39 valence electrons. The summed E-state index contributed by atoms with van der Waals surface area (Å²) >= 11 is 0. The van der Waals surface area contributed by atoms with Crippen molar-refractivity contribution in [3.63, 3.8) is 0 Å². The predicted octanol–water partition coefficient (Wildman–Crippen LogP) is -0.988. The first kappa shape index (κ1) is 6.24. The van der Waals surface area contributed by atoms with Crippen molar-refractivity contribution in [1.82, 2.24) is 9.44 Å². The highest BCUT2D eigenvalue weighted by Crippen LogP contribution is 1.92. The predicted molar refractivity (Wildman–Crippen MR) is 37.6 cm³/mol. The summed E-state index contributed by atoms with van der Waals surface area (Å²) < 4.78 is 4.11. The number of nitrogens with zero attached hydrogens (tertiary/aromatic N) is 2. The molecule has 0 aliphatic carbocycles. The van der Waals surface area contributed by atoms with Gasteiger partial charge in [0.1, 0.15) is 0 Å². The van der Waals surface area contributed by atoms with Crippen molar-refractivity contribution in [3.8, 4) is 0 Å². The van der Waals surface area contributed by atoms with Gasteiger partial charge in [0.15, 0.2) is 14.8 Å². The Hall–Kier alpha value is 0.115. The van der Waals surface area contributed by atoms with E-state index in [0.717, 1.165) is 6.22 Å². The largest absolute Gasteiger partial charge is 0.382 e. The third-order valence-electron chi connectivity index (χ3n) is 1.15. The Labute approximate surface area is 53.0 Å². The maximum Gasteiger partial charge on any atom is 0.287 e. The maximum atomic E-state index is 2.12. The molecule has 1 aliphatic rings. The summed E-state index contributed by atoms with van der Waals surface area (Å²) in [6.07, 6.45) is 1.05. The van der Waals surface area contributed by atoms with Gasteiger partial charge in [0.05, 0.1) is 0 Å². The minimum atomic E-state index is 1.05. The van der Waals surface area contributed by atoms with E-state index in [-0.39, 0.29) is 0 Å². The molecular formula is C3H8B3N2. The highest BCUT2D eigenvalue weighted by Gasteiger charge is 2.13. The minimum absolute atomic E-state index is 1.05. The van der Waals surface area contributed by atoms with Gasteiger partial charge in [-0.1, -0.05) is 6.22 Å². The second kappa shape index (κ2) is 2.60. The van der Waals surface area contributed by atoms with Crippen LogP contribution >= 0.6 is 0 Å². The average Bonchev–Trinajstić information content (AvgIpc) is 1.64. The van der Waals surface area contributed by atoms with Crippen LogP contribution in [0.1, 0.15) is 0 Å². The molecule has 0 aromatic rings. The number of hydrogen-bond acceptors (Lipinski definition) is 2. The molecule has 0 aromatic heterocycles. The van der Waals surface area contributed by atoms with Crippen LogP contribution in [0.2, 0.25) is 6.22 Å². The summed E-state index contributed by atoms with van der Waals surface area (Å²) in [7, 11) is 10.3. The van der Waals surface area contributed by atoms with Crippen LogP contribution in [0, 0.1) is 0 Å². The molecule has 5 heteroatoms. The Morgan fingerprint density at radius 1 is 1.12 bits per heavy atom. The zero-order valence-electron chi connectivity index (χ0n) is 5.33. The molecule has 1 rings (SSSR count). The molecule has 0 aromatic carbocycles. The quantitative estimate of drug-likeness (QED) is 0.364. The molecular weight excluding hydrogens is 96.5 g/mol. The summed E-state index contributed by atoms with van der Waals surface area (Å²) in [6, 6.07) is 0. The Balaban J connectivity index is 2.23. The van der Waals surface area contributed by atoms with Crippen LogP contribution in [-0.4, -0.2) is 45.9 Å². The van der Waals surface area contributed by atoms with Crippen LogP contribution in [0.15, 0.2) is 0 Å². The summed E-state index contributed by atoms with van der Waals surface area (Å²) in [6.45, 7) is 0. The normalized spacial score (nSPS) is 23.2. The molecule has 2 nitrogen and oxygen atoms in total. The Kier molecular flexibility index (Phi) is 2.03. The zero-order chi connectivity index (χ0) is 5.98. The van der Waals surface area contributed by atoms with Crippen molar-refractivity contribution in [1.29, 1.82) is 0 Å². The summed E-state index contributed by atoms with van der Waals surface area (Å²) in [4.78, 5) is 0. The Morgan fingerprint density at radius 3 is 1.88 bits per heavy atom. The third-order valence-corrected chi connectivity index (χ3v) is 1.15. The fourth-order valence-corrected chi connectivity index (χ4v) is 0.761. The number of rotatable bonds is 0. The van der Waals surface area contributed by atoms with Crippen LogP contribution in [0.25, 0.3) is 0 Å². The van der Waals surface area contributed by atoms with Crippen molar-refractivity contribution in [2.24, 2.45) is 0 Å². The highest BCUT2D eigenvalue weighted by atomic mass is 15.1. The first-order valence-corrected chi connectivity index (χ1v) is 2.74. The van der Waals surface area contributed by atoms with Gasteiger partial charge >= 0.3 is 0 Å². The molecule has 0 amide bonds. The molecule has 8 heavy (non-hydrogen) atoms. The second-order valence-electron chi connectivity index (χ2n) is 2.05. The van der Waals surface area contributed by atoms with E-state index >= 15 is 0 Å². The van der Waals surface area contributed by atoms with E-state index in [1.165, 1.54) is 0 Å². The van der Waals surface area contributed by atoms with Gasteiger partial charge in [0.25, 0.3) is 7.55 Å². The molecule has 0 spiro atoms. The SMILES string of the molecule is CN1[B]C[B]N(C)[B]1. The maximum absolute atomic E-state index is 2.12. The van der Waals surface area contributed by atoms with E-state index in [0.29, 0.717) is 0 Å². The van der Waals surface area contributed by atoms with Gasteiger partial charge in [0.2, 0.25) is 0 Å². The van der Waals surface area contributed by atoms with Crippen LogP contribution < -0.4 is 0 Å². The molecule has 0 bridgehead atoms. The molecule has 0 unspecified atom stereocenters. The lowest BCUT2D eigenvalue weighted by Gasteiger charge is -2.26. The highest BCUT2D eigenvalue weighted by molar-refractivity contribution is 6.68. The zero-order valence-corrected chi connectivity index (χ0v) is 5.33. The van der Waals surface area contributed by atoms with Crippen LogP contribution in [0.5, 0.6) is 0 Å². The lowest BCUT2D eigenvalue weighted by molar-refractivity contribution is 0.707. The topological polar surface area (TPSA) is 6.48 Å². The average molecular weight is 105 g/mol. The molecule has 1 aliphatic heterocycles. The lowest BCUT2D eigenvalue weighted by atomic mass is 9.58. The first-order chi connectivity index (χ1) is 3.79. The van der Waals surface area contributed by atoms with E-state index in [1.807, 2.05) is 21.6 Å². The lowest BCUT2D eigenvalue weighted by Crippen LogP contribution is -2.46. The van der Waals surface area contributed by atoms with Crippen molar-refractivity contribution < 1.29 is 0 Å². The fraction of sp³-hybridized carbons (Fsp3) is 1.00. The van der Waals surface area contributed by atoms with E-state index in [4.69, 9.17) is 0 Å². The molecule has 3 radical (unpaired) electrons. The smallest absolute Gasteiger partial charge is 0.287 e. The Bertz CT molecular complexity index is 70.9. The minimum Gasteiger partial charge on any atom is -0.382 e. The molecule has 1 heterocycles. The van der Waals surface area contributed by atoms with Crippen LogP contribution in [0.4, 0.5) is 0 Å². The summed E-state index contributed by atoms with van der Waals surface area (Å²) in [5, 5.41) is 0. The van der Waals surface area contributed by atoms with Crippen LogP contribution in [0.3, 0.4) is 0 Å². The van der Waals surface area contributed by atoms with Gasteiger partial charge in [-0.05, 0) is 14.1 Å². The van der Waals surface area contributed by atoms with Gasteiger partial charge in [-0.3, -0.25) is 0 Å². The van der Waals surface area contributed by atoms with E-state index < -0.39 is 0 Å². The molecule has 0 atom stereocenters. The van der Waals surface area contributed by atoms with E-state index in [2.05, 4.69) is 24.3 Å². The molecule has 0 saturated carbocycles. The van der Waals surface area contributed by atoms with Gasteiger partial charge in [-0.15, -0.1) is 0 Å². The molecule has 1 saturated heterocycles. The molecule has 0 N–H and O–H groups in total. The number of hydrogen-bond donors (Lipinski definition) is 0. The molecule has 1 fully saturated rings. The van der Waals surface area contributed by atoms with Gasteiger partial charge in [-0.2, -0.15) is 0 Å². The van der Waals surface area contributed by atoms with Gasteiger partial charge in [0, 0.05) is 0 Å². The van der Waals surface area contributed by atoms with Crippen molar-refractivity contribution in [2.75, 3.05) is 14.1 Å². The third kappa shape index (κ3) is 1.56. The van der Waals surface area contributed by atoms with Crippen molar-refractivity contribution in [3.05, 3.63) is 0 Å². The first-order valence-electron chi connectivity index (χ1n) is 2.74. The van der Waals surface area contributed by atoms with Crippen molar-refractivity contribution in [2.45, 2.75) is 6.22 Å².